The van der Waals surface area contributed by atoms with Gasteiger partial charge in [0.25, 0.3) is 0 Å². The number of nitrogens with zero attached hydrogens (tertiary/aromatic N) is 2. The van der Waals surface area contributed by atoms with E-state index in [2.05, 4.69) is 10.3 Å². The molecule has 18 heavy (non-hydrogen) atoms. The summed E-state index contributed by atoms with van der Waals surface area (Å²) in [6.07, 6.45) is 5.50. The van der Waals surface area contributed by atoms with Gasteiger partial charge in [-0.05, 0) is 19.1 Å². The standard InChI is InChI=1S/C13H16N4S/c1-10-2-3-12(11(8-10)13(14)18)16-5-7-17-6-4-15-9-17/h2-4,6,8-9,16H,5,7H2,1H3,(H2,14,18). The molecule has 2 aromatic rings. The van der Waals surface area contributed by atoms with Crippen LogP contribution in [-0.2, 0) is 6.54 Å². The molecule has 0 aliphatic heterocycles. The van der Waals surface area contributed by atoms with Crippen LogP contribution in [0.1, 0.15) is 11.1 Å². The van der Waals surface area contributed by atoms with E-state index in [-0.39, 0.29) is 0 Å². The quantitative estimate of drug-likeness (QED) is 0.807. The maximum absolute atomic E-state index is 5.73. The van der Waals surface area contributed by atoms with Gasteiger partial charge in [0, 0.05) is 36.7 Å². The van der Waals surface area contributed by atoms with Gasteiger partial charge < -0.3 is 15.6 Å². The maximum atomic E-state index is 5.73. The van der Waals surface area contributed by atoms with E-state index in [1.807, 2.05) is 35.9 Å². The summed E-state index contributed by atoms with van der Waals surface area (Å²) in [6, 6.07) is 6.06. The zero-order chi connectivity index (χ0) is 13.0. The van der Waals surface area contributed by atoms with Crippen molar-refractivity contribution < 1.29 is 0 Å². The Balaban J connectivity index is 2.02. The van der Waals surface area contributed by atoms with Crippen molar-refractivity contribution in [2.24, 2.45) is 5.73 Å². The van der Waals surface area contributed by atoms with Crippen LogP contribution in [0.5, 0.6) is 0 Å². The van der Waals surface area contributed by atoms with E-state index in [1.54, 1.807) is 12.5 Å². The van der Waals surface area contributed by atoms with Gasteiger partial charge in [0.2, 0.25) is 0 Å². The third-order valence-corrected chi connectivity index (χ3v) is 2.91. The Morgan fingerprint density at radius 2 is 2.33 bits per heavy atom. The molecular weight excluding hydrogens is 244 g/mol. The SMILES string of the molecule is Cc1ccc(NCCn2ccnc2)c(C(N)=S)c1. The van der Waals surface area contributed by atoms with E-state index >= 15 is 0 Å². The molecule has 2 rings (SSSR count). The summed E-state index contributed by atoms with van der Waals surface area (Å²) >= 11 is 5.06. The molecule has 4 nitrogen and oxygen atoms in total. The minimum atomic E-state index is 0.420. The van der Waals surface area contributed by atoms with Crippen LogP contribution in [0.4, 0.5) is 5.69 Å². The first kappa shape index (κ1) is 12.6. The van der Waals surface area contributed by atoms with Crippen LogP contribution in [0, 0.1) is 6.92 Å². The molecule has 0 bridgehead atoms. The number of thiocarbonyl (C=S) groups is 1. The summed E-state index contributed by atoms with van der Waals surface area (Å²) in [5.74, 6) is 0. The number of aryl methyl sites for hydroxylation is 1. The Bertz CT molecular complexity index is 534. The van der Waals surface area contributed by atoms with Crippen molar-refractivity contribution in [3.63, 3.8) is 0 Å². The molecule has 5 heteroatoms. The highest BCUT2D eigenvalue weighted by Crippen LogP contribution is 2.17. The molecule has 1 aromatic carbocycles. The third-order valence-electron chi connectivity index (χ3n) is 2.69. The fraction of sp³-hybridized carbons (Fsp3) is 0.231. The smallest absolute Gasteiger partial charge is 0.106 e. The normalized spacial score (nSPS) is 10.3. The number of nitrogens with one attached hydrogen (secondary N) is 1. The van der Waals surface area contributed by atoms with Crippen molar-refractivity contribution >= 4 is 22.9 Å². The summed E-state index contributed by atoms with van der Waals surface area (Å²) < 4.78 is 2.02. The molecule has 0 saturated carbocycles. The Hall–Kier alpha value is -1.88. The van der Waals surface area contributed by atoms with Gasteiger partial charge in [-0.3, -0.25) is 0 Å². The fourth-order valence-corrected chi connectivity index (χ4v) is 1.92. The van der Waals surface area contributed by atoms with E-state index in [4.69, 9.17) is 18.0 Å². The van der Waals surface area contributed by atoms with Crippen molar-refractivity contribution in [3.8, 4) is 0 Å². The van der Waals surface area contributed by atoms with Crippen LogP contribution in [0.25, 0.3) is 0 Å². The number of benzene rings is 1. The van der Waals surface area contributed by atoms with Gasteiger partial charge >= 0.3 is 0 Å². The molecule has 94 valence electrons. The Morgan fingerprint density at radius 3 is 3.00 bits per heavy atom. The van der Waals surface area contributed by atoms with Gasteiger partial charge in [0.15, 0.2) is 0 Å². The van der Waals surface area contributed by atoms with Gasteiger partial charge in [0.1, 0.15) is 4.99 Å². The lowest BCUT2D eigenvalue weighted by Gasteiger charge is -2.12. The molecule has 1 aromatic heterocycles. The van der Waals surface area contributed by atoms with Gasteiger partial charge in [-0.2, -0.15) is 0 Å². The average molecular weight is 260 g/mol. The van der Waals surface area contributed by atoms with Crippen LogP contribution in [-0.4, -0.2) is 21.1 Å². The van der Waals surface area contributed by atoms with E-state index < -0.39 is 0 Å². The van der Waals surface area contributed by atoms with E-state index in [1.165, 1.54) is 0 Å². The third kappa shape index (κ3) is 3.07. The molecule has 0 saturated heterocycles. The number of rotatable bonds is 5. The van der Waals surface area contributed by atoms with Crippen molar-refractivity contribution in [2.75, 3.05) is 11.9 Å². The number of anilines is 1. The molecule has 0 fully saturated rings. The molecule has 0 amide bonds. The number of aromatic nitrogens is 2. The predicted molar refractivity (Wildman–Crippen MR) is 77.8 cm³/mol. The summed E-state index contributed by atoms with van der Waals surface area (Å²) in [4.78, 5) is 4.42. The highest BCUT2D eigenvalue weighted by molar-refractivity contribution is 7.80. The first-order valence-corrected chi connectivity index (χ1v) is 6.17. The summed E-state index contributed by atoms with van der Waals surface area (Å²) in [7, 11) is 0. The largest absolute Gasteiger partial charge is 0.389 e. The molecule has 0 atom stereocenters. The molecule has 0 radical (unpaired) electrons. The topological polar surface area (TPSA) is 55.9 Å². The highest BCUT2D eigenvalue weighted by Gasteiger charge is 2.04. The molecule has 1 heterocycles. The Labute approximate surface area is 112 Å². The molecule has 0 aliphatic carbocycles. The van der Waals surface area contributed by atoms with E-state index in [0.29, 0.717) is 4.99 Å². The molecule has 0 spiro atoms. The zero-order valence-electron chi connectivity index (χ0n) is 10.3. The second kappa shape index (κ2) is 5.64. The van der Waals surface area contributed by atoms with Gasteiger partial charge in [-0.1, -0.05) is 23.8 Å². The number of nitrogens with two attached hydrogens (primary N) is 1. The lowest BCUT2D eigenvalue weighted by molar-refractivity contribution is 0.727. The predicted octanol–water partition coefficient (Wildman–Crippen LogP) is 1.94. The maximum Gasteiger partial charge on any atom is 0.106 e. The molecule has 0 unspecified atom stereocenters. The van der Waals surface area contributed by atoms with Gasteiger partial charge in [-0.15, -0.1) is 0 Å². The van der Waals surface area contributed by atoms with Crippen molar-refractivity contribution in [1.29, 1.82) is 0 Å². The Kier molecular flexibility index (Phi) is 3.94. The van der Waals surface area contributed by atoms with Gasteiger partial charge in [0.05, 0.1) is 6.33 Å². The number of imidazole rings is 1. The second-order valence-electron chi connectivity index (χ2n) is 4.14. The van der Waals surface area contributed by atoms with Crippen molar-refractivity contribution in [3.05, 3.63) is 48.0 Å². The molecular formula is C13H16N4S. The zero-order valence-corrected chi connectivity index (χ0v) is 11.1. The minimum Gasteiger partial charge on any atom is -0.389 e. The molecule has 0 aliphatic rings. The molecule has 3 N–H and O–H groups in total. The number of hydrogen-bond acceptors (Lipinski definition) is 3. The number of hydrogen-bond donors (Lipinski definition) is 2. The first-order valence-electron chi connectivity index (χ1n) is 5.77. The van der Waals surface area contributed by atoms with Crippen LogP contribution in [0.15, 0.2) is 36.9 Å². The average Bonchev–Trinajstić information content (AvgIpc) is 2.84. The first-order chi connectivity index (χ1) is 8.66. The minimum absolute atomic E-state index is 0.420. The second-order valence-corrected chi connectivity index (χ2v) is 4.58. The summed E-state index contributed by atoms with van der Waals surface area (Å²) in [6.45, 7) is 3.68. The van der Waals surface area contributed by atoms with E-state index in [0.717, 1.165) is 29.9 Å². The lowest BCUT2D eigenvalue weighted by atomic mass is 10.1. The highest BCUT2D eigenvalue weighted by atomic mass is 32.1. The van der Waals surface area contributed by atoms with Gasteiger partial charge in [-0.25, -0.2) is 4.98 Å². The van der Waals surface area contributed by atoms with Crippen LogP contribution in [0.2, 0.25) is 0 Å². The lowest BCUT2D eigenvalue weighted by Crippen LogP contribution is -2.16. The van der Waals surface area contributed by atoms with Crippen LogP contribution in [0.3, 0.4) is 0 Å². The Morgan fingerprint density at radius 1 is 1.50 bits per heavy atom. The summed E-state index contributed by atoms with van der Waals surface area (Å²) in [5.41, 5.74) is 8.76. The summed E-state index contributed by atoms with van der Waals surface area (Å²) in [5, 5.41) is 3.34. The monoisotopic (exact) mass is 260 g/mol. The van der Waals surface area contributed by atoms with Crippen molar-refractivity contribution in [2.45, 2.75) is 13.5 Å². The van der Waals surface area contributed by atoms with E-state index in [9.17, 15) is 0 Å². The fourth-order valence-electron chi connectivity index (χ4n) is 1.75. The van der Waals surface area contributed by atoms with Crippen LogP contribution < -0.4 is 11.1 Å². The van der Waals surface area contributed by atoms with Crippen molar-refractivity contribution in [1.82, 2.24) is 9.55 Å². The van der Waals surface area contributed by atoms with Crippen LogP contribution >= 0.6 is 12.2 Å².